The summed E-state index contributed by atoms with van der Waals surface area (Å²) in [5.74, 6) is -3.13. The van der Waals surface area contributed by atoms with E-state index in [2.05, 4.69) is 10.6 Å². The van der Waals surface area contributed by atoms with E-state index < -0.39 is 30.0 Å². The molecule has 1 atom stereocenters. The number of hydrogen-bond acceptors (Lipinski definition) is 3. The molecule has 3 aromatic carbocycles. The van der Waals surface area contributed by atoms with Gasteiger partial charge in [-0.15, -0.1) is 0 Å². The van der Waals surface area contributed by atoms with Gasteiger partial charge in [0.25, 0.3) is 11.8 Å². The fourth-order valence-electron chi connectivity index (χ4n) is 2.76. The van der Waals surface area contributed by atoms with Crippen molar-refractivity contribution in [2.45, 2.75) is 13.0 Å². The molecular weight excluding hydrogens is 409 g/mol. The van der Waals surface area contributed by atoms with Gasteiger partial charge < -0.3 is 15.4 Å². The van der Waals surface area contributed by atoms with Crippen molar-refractivity contribution >= 4 is 17.5 Å². The van der Waals surface area contributed by atoms with Crippen LogP contribution in [-0.2, 0) is 4.79 Å². The molecule has 0 radical (unpaired) electrons. The molecule has 0 aliphatic carbocycles. The Hall–Kier alpha value is -3.81. The van der Waals surface area contributed by atoms with Gasteiger partial charge in [-0.3, -0.25) is 9.59 Å². The largest absolute Gasteiger partial charge is 0.481 e. The zero-order valence-corrected chi connectivity index (χ0v) is 16.5. The zero-order valence-electron chi connectivity index (χ0n) is 16.5. The summed E-state index contributed by atoms with van der Waals surface area (Å²) in [7, 11) is 0. The van der Waals surface area contributed by atoms with E-state index in [0.29, 0.717) is 17.3 Å². The summed E-state index contributed by atoms with van der Waals surface area (Å²) in [5.41, 5.74) is 1.62. The van der Waals surface area contributed by atoms with Gasteiger partial charge in [-0.25, -0.2) is 13.2 Å². The van der Waals surface area contributed by atoms with Gasteiger partial charge in [0.15, 0.2) is 18.2 Å². The predicted molar refractivity (Wildman–Crippen MR) is 109 cm³/mol. The average Bonchev–Trinajstić information content (AvgIpc) is 2.74. The monoisotopic (exact) mass is 428 g/mol. The van der Waals surface area contributed by atoms with Crippen molar-refractivity contribution in [3.05, 3.63) is 95.3 Å². The number of hydrogen-bond donors (Lipinski definition) is 2. The molecule has 0 fully saturated rings. The molecule has 2 N–H and O–H groups in total. The fourth-order valence-corrected chi connectivity index (χ4v) is 2.76. The summed E-state index contributed by atoms with van der Waals surface area (Å²) in [4.78, 5) is 24.2. The Balaban J connectivity index is 1.52. The molecule has 0 spiro atoms. The van der Waals surface area contributed by atoms with Crippen molar-refractivity contribution in [1.29, 1.82) is 0 Å². The maximum atomic E-state index is 13.5. The van der Waals surface area contributed by atoms with Crippen molar-refractivity contribution in [2.24, 2.45) is 0 Å². The lowest BCUT2D eigenvalue weighted by Gasteiger charge is -2.15. The van der Waals surface area contributed by atoms with Crippen molar-refractivity contribution in [2.75, 3.05) is 11.9 Å². The maximum Gasteiger partial charge on any atom is 0.258 e. The fraction of sp³-hybridized carbons (Fsp3) is 0.130. The molecule has 0 aliphatic rings. The van der Waals surface area contributed by atoms with Gasteiger partial charge >= 0.3 is 0 Å². The molecule has 5 nitrogen and oxygen atoms in total. The molecule has 2 amide bonds. The standard InChI is InChI=1S/C23H19F3N2O3/c1-14(27-22(29)13-31-21-11-8-18(25)12-20(21)26)15-4-9-19(10-5-15)28-23(30)16-2-6-17(24)7-3-16/h2-12,14H,13H2,1H3,(H,27,29)(H,28,30). The molecule has 3 aromatic rings. The maximum absolute atomic E-state index is 13.5. The van der Waals surface area contributed by atoms with Gasteiger partial charge in [-0.2, -0.15) is 0 Å². The molecule has 0 bridgehead atoms. The summed E-state index contributed by atoms with van der Waals surface area (Å²) < 4.78 is 44.5. The first-order valence-electron chi connectivity index (χ1n) is 9.36. The second kappa shape index (κ2) is 9.80. The van der Waals surface area contributed by atoms with E-state index in [4.69, 9.17) is 4.74 Å². The van der Waals surface area contributed by atoms with Crippen LogP contribution in [0, 0.1) is 17.5 Å². The smallest absolute Gasteiger partial charge is 0.258 e. The first-order valence-corrected chi connectivity index (χ1v) is 9.36. The number of rotatable bonds is 7. The topological polar surface area (TPSA) is 67.4 Å². The molecule has 31 heavy (non-hydrogen) atoms. The van der Waals surface area contributed by atoms with E-state index in [1.54, 1.807) is 31.2 Å². The quantitative estimate of drug-likeness (QED) is 0.578. The SMILES string of the molecule is CC(NC(=O)COc1ccc(F)cc1F)c1ccc(NC(=O)c2ccc(F)cc2)cc1. The van der Waals surface area contributed by atoms with Crippen LogP contribution in [0.4, 0.5) is 18.9 Å². The van der Waals surface area contributed by atoms with Gasteiger partial charge in [0.05, 0.1) is 6.04 Å². The number of carbonyl (C=O) groups is 2. The number of amides is 2. The van der Waals surface area contributed by atoms with Crippen molar-refractivity contribution in [3.8, 4) is 5.75 Å². The minimum atomic E-state index is -0.890. The van der Waals surface area contributed by atoms with E-state index in [1.165, 1.54) is 24.3 Å². The first kappa shape index (κ1) is 21.9. The van der Waals surface area contributed by atoms with Crippen molar-refractivity contribution in [1.82, 2.24) is 5.32 Å². The summed E-state index contributed by atoms with van der Waals surface area (Å²) in [6.45, 7) is 1.32. The van der Waals surface area contributed by atoms with Gasteiger partial charge in [-0.05, 0) is 61.0 Å². The van der Waals surface area contributed by atoms with Crippen LogP contribution in [0.15, 0.2) is 66.7 Å². The molecule has 0 saturated heterocycles. The van der Waals surface area contributed by atoms with Crippen molar-refractivity contribution < 1.29 is 27.5 Å². The lowest BCUT2D eigenvalue weighted by molar-refractivity contribution is -0.123. The van der Waals surface area contributed by atoms with Gasteiger partial charge in [0.2, 0.25) is 0 Å². The van der Waals surface area contributed by atoms with Crippen molar-refractivity contribution in [3.63, 3.8) is 0 Å². The molecule has 0 aliphatic heterocycles. The molecule has 1 unspecified atom stereocenters. The Morgan fingerprint density at radius 3 is 2.19 bits per heavy atom. The first-order chi connectivity index (χ1) is 14.8. The third kappa shape index (κ3) is 6.08. The number of benzene rings is 3. The minimum Gasteiger partial charge on any atom is -0.481 e. The minimum absolute atomic E-state index is 0.217. The molecule has 3 rings (SSSR count). The van der Waals surface area contributed by atoms with Crippen LogP contribution in [0.3, 0.4) is 0 Å². The molecule has 0 heterocycles. The van der Waals surface area contributed by atoms with E-state index in [0.717, 1.165) is 17.7 Å². The van der Waals surface area contributed by atoms with E-state index in [-0.39, 0.29) is 17.7 Å². The Labute approximate surface area is 176 Å². The zero-order chi connectivity index (χ0) is 22.4. The summed E-state index contributed by atoms with van der Waals surface area (Å²) >= 11 is 0. The van der Waals surface area contributed by atoms with Crippen LogP contribution in [0.2, 0.25) is 0 Å². The number of carbonyl (C=O) groups excluding carboxylic acids is 2. The molecular formula is C23H19F3N2O3. The number of nitrogens with one attached hydrogen (secondary N) is 2. The van der Waals surface area contributed by atoms with Crippen LogP contribution in [0.1, 0.15) is 28.9 Å². The van der Waals surface area contributed by atoms with Crippen LogP contribution in [0.25, 0.3) is 0 Å². The highest BCUT2D eigenvalue weighted by Crippen LogP contribution is 2.19. The molecule has 0 saturated carbocycles. The Morgan fingerprint density at radius 2 is 1.55 bits per heavy atom. The average molecular weight is 428 g/mol. The third-order valence-electron chi connectivity index (χ3n) is 4.41. The highest BCUT2D eigenvalue weighted by atomic mass is 19.1. The second-order valence-corrected chi connectivity index (χ2v) is 6.74. The lowest BCUT2D eigenvalue weighted by atomic mass is 10.1. The van der Waals surface area contributed by atoms with Crippen LogP contribution >= 0.6 is 0 Å². The second-order valence-electron chi connectivity index (χ2n) is 6.74. The highest BCUT2D eigenvalue weighted by molar-refractivity contribution is 6.04. The summed E-state index contributed by atoms with van der Waals surface area (Å²) in [5, 5.41) is 5.41. The van der Waals surface area contributed by atoms with Gasteiger partial charge in [-0.1, -0.05) is 12.1 Å². The van der Waals surface area contributed by atoms with Gasteiger partial charge in [0.1, 0.15) is 11.6 Å². The third-order valence-corrected chi connectivity index (χ3v) is 4.41. The molecule has 160 valence electrons. The number of halogens is 3. The molecule has 0 aromatic heterocycles. The highest BCUT2D eigenvalue weighted by Gasteiger charge is 2.13. The Kier molecular flexibility index (Phi) is 6.92. The van der Waals surface area contributed by atoms with E-state index in [1.807, 2.05) is 0 Å². The lowest BCUT2D eigenvalue weighted by Crippen LogP contribution is -2.31. The molecule has 8 heteroatoms. The summed E-state index contributed by atoms with van der Waals surface area (Å²) in [6, 6.07) is 14.4. The Bertz CT molecular complexity index is 1070. The number of ether oxygens (including phenoxy) is 1. The van der Waals surface area contributed by atoms with Crippen LogP contribution in [0.5, 0.6) is 5.75 Å². The predicted octanol–water partition coefficient (Wildman–Crippen LogP) is 4.61. The van der Waals surface area contributed by atoms with E-state index in [9.17, 15) is 22.8 Å². The summed E-state index contributed by atoms with van der Waals surface area (Å²) in [6.07, 6.45) is 0. The van der Waals surface area contributed by atoms with E-state index >= 15 is 0 Å². The Morgan fingerprint density at radius 1 is 0.903 bits per heavy atom. The number of anilines is 1. The van der Waals surface area contributed by atoms with Crippen LogP contribution < -0.4 is 15.4 Å². The van der Waals surface area contributed by atoms with Crippen LogP contribution in [-0.4, -0.2) is 18.4 Å². The normalized spacial score (nSPS) is 11.5. The van der Waals surface area contributed by atoms with Gasteiger partial charge in [0, 0.05) is 17.3 Å².